The zero-order valence-corrected chi connectivity index (χ0v) is 18.5. The van der Waals surface area contributed by atoms with Gasteiger partial charge in [-0.1, -0.05) is 42.5 Å². The third-order valence-electron chi connectivity index (χ3n) is 5.43. The lowest BCUT2D eigenvalue weighted by Crippen LogP contribution is -2.06. The molecule has 0 saturated carbocycles. The van der Waals surface area contributed by atoms with Gasteiger partial charge in [-0.2, -0.15) is 0 Å². The first-order valence-electron chi connectivity index (χ1n) is 10.5. The molecule has 0 bridgehead atoms. The molecule has 0 unspecified atom stereocenters. The fourth-order valence-electron chi connectivity index (χ4n) is 3.58. The highest BCUT2D eigenvalue weighted by Gasteiger charge is 2.11. The number of para-hydroxylation sites is 2. The maximum Gasteiger partial charge on any atom is 0.122 e. The first-order valence-corrected chi connectivity index (χ1v) is 11.5. The highest BCUT2D eigenvalue weighted by Crippen LogP contribution is 2.25. The summed E-state index contributed by atoms with van der Waals surface area (Å²) in [6.45, 7) is 5.95. The Kier molecular flexibility index (Phi) is 6.75. The van der Waals surface area contributed by atoms with E-state index in [1.165, 1.54) is 21.5 Å². The highest BCUT2D eigenvalue weighted by molar-refractivity contribution is 7.98. The van der Waals surface area contributed by atoms with E-state index in [1.807, 2.05) is 11.8 Å². The molecule has 1 aromatic heterocycles. The molecule has 154 valence electrons. The van der Waals surface area contributed by atoms with Crippen LogP contribution >= 0.6 is 11.8 Å². The summed E-state index contributed by atoms with van der Waals surface area (Å²) in [6.07, 6.45) is 2.08. The Morgan fingerprint density at radius 2 is 1.67 bits per heavy atom. The number of thioether (sulfide) groups is 1. The summed E-state index contributed by atoms with van der Waals surface area (Å²) >= 11 is 1.84. The van der Waals surface area contributed by atoms with E-state index < -0.39 is 0 Å². The summed E-state index contributed by atoms with van der Waals surface area (Å²) in [4.78, 5) is 6.18. The van der Waals surface area contributed by atoms with Crippen molar-refractivity contribution in [3.63, 3.8) is 0 Å². The second kappa shape index (κ2) is 9.86. The van der Waals surface area contributed by atoms with Gasteiger partial charge in [0.1, 0.15) is 11.6 Å². The Morgan fingerprint density at radius 3 is 2.53 bits per heavy atom. The van der Waals surface area contributed by atoms with Gasteiger partial charge in [-0.15, -0.1) is 11.8 Å². The standard InChI is InChI=1S/C26H28N2OS/c1-20-11-10-16-25(21(20)2)29-18-9-8-17-28-24-15-7-6-14-23(24)27-26(28)19-30-22-12-4-3-5-13-22/h3-7,10-16H,8-9,17-19H2,1-2H3. The van der Waals surface area contributed by atoms with Crippen molar-refractivity contribution in [1.82, 2.24) is 9.55 Å². The largest absolute Gasteiger partial charge is 0.493 e. The maximum atomic E-state index is 6.03. The van der Waals surface area contributed by atoms with Gasteiger partial charge in [-0.25, -0.2) is 4.98 Å². The Hall–Kier alpha value is -2.72. The molecule has 3 aromatic carbocycles. The molecule has 0 atom stereocenters. The van der Waals surface area contributed by atoms with Crippen molar-refractivity contribution in [2.45, 2.75) is 43.9 Å². The van der Waals surface area contributed by atoms with E-state index in [-0.39, 0.29) is 0 Å². The summed E-state index contributed by atoms with van der Waals surface area (Å²) in [5.74, 6) is 3.01. The van der Waals surface area contributed by atoms with Gasteiger partial charge in [0, 0.05) is 11.4 Å². The van der Waals surface area contributed by atoms with Crippen molar-refractivity contribution < 1.29 is 4.74 Å². The Bertz CT molecular complexity index is 1100. The normalized spacial score (nSPS) is 11.1. The number of rotatable bonds is 9. The SMILES string of the molecule is Cc1cccc(OCCCCn2c(CSc3ccccc3)nc3ccccc32)c1C. The number of nitrogens with zero attached hydrogens (tertiary/aromatic N) is 2. The van der Waals surface area contributed by atoms with Gasteiger partial charge in [0.2, 0.25) is 0 Å². The molecule has 3 nitrogen and oxygen atoms in total. The van der Waals surface area contributed by atoms with E-state index in [4.69, 9.17) is 9.72 Å². The molecule has 0 N–H and O–H groups in total. The first kappa shape index (κ1) is 20.5. The van der Waals surface area contributed by atoms with E-state index in [0.717, 1.165) is 48.8 Å². The number of benzene rings is 3. The van der Waals surface area contributed by atoms with Gasteiger partial charge in [0.15, 0.2) is 0 Å². The number of aromatic nitrogens is 2. The number of hydrogen-bond donors (Lipinski definition) is 0. The van der Waals surface area contributed by atoms with Crippen LogP contribution in [-0.2, 0) is 12.3 Å². The zero-order valence-electron chi connectivity index (χ0n) is 17.7. The van der Waals surface area contributed by atoms with Crippen molar-refractivity contribution in [1.29, 1.82) is 0 Å². The molecule has 4 heteroatoms. The van der Waals surface area contributed by atoms with Gasteiger partial charge < -0.3 is 9.30 Å². The second-order valence-electron chi connectivity index (χ2n) is 7.52. The van der Waals surface area contributed by atoms with Crippen LogP contribution in [0.2, 0.25) is 0 Å². The fraction of sp³-hybridized carbons (Fsp3) is 0.269. The lowest BCUT2D eigenvalue weighted by Gasteiger charge is -2.12. The van der Waals surface area contributed by atoms with Gasteiger partial charge in [-0.3, -0.25) is 0 Å². The molecule has 0 saturated heterocycles. The zero-order chi connectivity index (χ0) is 20.8. The van der Waals surface area contributed by atoms with Crippen LogP contribution in [0, 0.1) is 13.8 Å². The molecular formula is C26H28N2OS. The Morgan fingerprint density at radius 1 is 0.867 bits per heavy atom. The molecular weight excluding hydrogens is 388 g/mol. The summed E-state index contributed by atoms with van der Waals surface area (Å²) < 4.78 is 8.41. The Balaban J connectivity index is 1.38. The van der Waals surface area contributed by atoms with Crippen LogP contribution in [0.15, 0.2) is 77.7 Å². The molecule has 30 heavy (non-hydrogen) atoms. The van der Waals surface area contributed by atoms with Crippen molar-refractivity contribution in [2.75, 3.05) is 6.61 Å². The van der Waals surface area contributed by atoms with E-state index in [2.05, 4.69) is 91.2 Å². The summed E-state index contributed by atoms with van der Waals surface area (Å²) in [6, 6.07) is 25.2. The molecule has 4 aromatic rings. The highest BCUT2D eigenvalue weighted by atomic mass is 32.2. The van der Waals surface area contributed by atoms with Crippen LogP contribution in [0.25, 0.3) is 11.0 Å². The monoisotopic (exact) mass is 416 g/mol. The number of imidazole rings is 1. The van der Waals surface area contributed by atoms with Crippen molar-refractivity contribution in [3.05, 3.63) is 89.7 Å². The van der Waals surface area contributed by atoms with Crippen LogP contribution in [0.3, 0.4) is 0 Å². The molecule has 0 spiro atoms. The van der Waals surface area contributed by atoms with E-state index in [9.17, 15) is 0 Å². The number of aryl methyl sites for hydroxylation is 2. The quantitative estimate of drug-likeness (QED) is 0.222. The lowest BCUT2D eigenvalue weighted by atomic mass is 10.1. The molecule has 0 amide bonds. The average Bonchev–Trinajstić information content (AvgIpc) is 3.13. The Labute approximate surface area is 183 Å². The summed E-state index contributed by atoms with van der Waals surface area (Å²) in [7, 11) is 0. The third kappa shape index (κ3) is 4.88. The number of unbranched alkanes of at least 4 members (excludes halogenated alkanes) is 1. The van der Waals surface area contributed by atoms with Gasteiger partial charge in [0.25, 0.3) is 0 Å². The molecule has 0 aliphatic rings. The number of hydrogen-bond acceptors (Lipinski definition) is 3. The van der Waals surface area contributed by atoms with Crippen LogP contribution < -0.4 is 4.74 Å². The minimum Gasteiger partial charge on any atom is -0.493 e. The molecule has 0 aliphatic heterocycles. The molecule has 0 radical (unpaired) electrons. The van der Waals surface area contributed by atoms with Crippen LogP contribution in [0.1, 0.15) is 29.8 Å². The van der Waals surface area contributed by atoms with Crippen LogP contribution in [0.5, 0.6) is 5.75 Å². The lowest BCUT2D eigenvalue weighted by molar-refractivity contribution is 0.301. The average molecular weight is 417 g/mol. The van der Waals surface area contributed by atoms with Gasteiger partial charge in [-0.05, 0) is 68.1 Å². The number of fused-ring (bicyclic) bond motifs is 1. The minimum atomic E-state index is 0.741. The first-order chi connectivity index (χ1) is 14.7. The van der Waals surface area contributed by atoms with E-state index in [1.54, 1.807) is 0 Å². The van der Waals surface area contributed by atoms with Crippen molar-refractivity contribution in [3.8, 4) is 5.75 Å². The maximum absolute atomic E-state index is 6.03. The summed E-state index contributed by atoms with van der Waals surface area (Å²) in [5.41, 5.74) is 4.81. The second-order valence-corrected chi connectivity index (χ2v) is 8.57. The molecule has 4 rings (SSSR count). The van der Waals surface area contributed by atoms with Crippen molar-refractivity contribution >= 4 is 22.8 Å². The molecule has 0 aliphatic carbocycles. The number of ether oxygens (including phenoxy) is 1. The van der Waals surface area contributed by atoms with Crippen LogP contribution in [-0.4, -0.2) is 16.2 Å². The predicted octanol–water partition coefficient (Wildman–Crippen LogP) is 6.80. The van der Waals surface area contributed by atoms with E-state index >= 15 is 0 Å². The van der Waals surface area contributed by atoms with Crippen LogP contribution in [0.4, 0.5) is 0 Å². The predicted molar refractivity (Wildman–Crippen MR) is 126 cm³/mol. The van der Waals surface area contributed by atoms with Gasteiger partial charge in [0.05, 0.1) is 23.4 Å². The minimum absolute atomic E-state index is 0.741. The third-order valence-corrected chi connectivity index (χ3v) is 6.44. The molecule has 1 heterocycles. The topological polar surface area (TPSA) is 27.1 Å². The molecule has 0 fully saturated rings. The fourth-order valence-corrected chi connectivity index (χ4v) is 4.45. The van der Waals surface area contributed by atoms with Crippen molar-refractivity contribution in [2.24, 2.45) is 0 Å². The van der Waals surface area contributed by atoms with Gasteiger partial charge >= 0.3 is 0 Å². The smallest absolute Gasteiger partial charge is 0.122 e. The summed E-state index contributed by atoms with van der Waals surface area (Å²) in [5, 5.41) is 0. The van der Waals surface area contributed by atoms with E-state index in [0.29, 0.717) is 0 Å².